The highest BCUT2D eigenvalue weighted by Gasteiger charge is 2.64. The second kappa shape index (κ2) is 11.8. The molecule has 6 rings (SSSR count). The number of carbonyl (C=O) groups excluding carboxylic acids is 1. The van der Waals surface area contributed by atoms with E-state index < -0.39 is 44.1 Å². The first kappa shape index (κ1) is 29.4. The number of phosphoric acid groups is 1. The van der Waals surface area contributed by atoms with Crippen LogP contribution < -0.4 is 10.5 Å². The smallest absolute Gasteiger partial charge is 0.476 e. The van der Waals surface area contributed by atoms with Gasteiger partial charge >= 0.3 is 14.0 Å². The van der Waals surface area contributed by atoms with Crippen molar-refractivity contribution in [2.75, 3.05) is 37.6 Å². The summed E-state index contributed by atoms with van der Waals surface area (Å²) in [6.45, 7) is 1.94. The number of thioether (sulfide) groups is 1. The lowest BCUT2D eigenvalue weighted by atomic mass is 9.96. The highest BCUT2D eigenvalue weighted by molar-refractivity contribution is 7.98. The van der Waals surface area contributed by atoms with Crippen molar-refractivity contribution >= 4 is 54.5 Å². The monoisotopic (exact) mass is 641 g/mol. The van der Waals surface area contributed by atoms with Gasteiger partial charge in [-0.15, -0.1) is 0 Å². The third kappa shape index (κ3) is 5.66. The molecule has 14 nitrogen and oxygen atoms in total. The Hall–Kier alpha value is -2.65. The fraction of sp³-hybridized carbons (Fsp3) is 0.520. The number of nitrogen functional groups attached to an aromatic ring is 1. The molecule has 2 aromatic heterocycles. The summed E-state index contributed by atoms with van der Waals surface area (Å²) < 4.78 is 55.1. The second-order valence-electron chi connectivity index (χ2n) is 10.0. The number of imidazole rings is 1. The van der Waals surface area contributed by atoms with Gasteiger partial charge < -0.3 is 24.7 Å². The Kier molecular flexibility index (Phi) is 8.26. The summed E-state index contributed by atoms with van der Waals surface area (Å²) in [6.07, 6.45) is 0.549. The Bertz CT molecular complexity index is 1530. The van der Waals surface area contributed by atoms with Gasteiger partial charge in [0, 0.05) is 11.4 Å². The molecule has 6 atom stereocenters. The molecule has 3 aromatic rings. The molecule has 0 bridgehead atoms. The first-order valence-corrected chi connectivity index (χ1v) is 16.4. The number of halogens is 1. The number of aromatic nitrogens is 4. The Balaban J connectivity index is 1.22. The Labute approximate surface area is 250 Å². The van der Waals surface area contributed by atoms with Gasteiger partial charge in [0.1, 0.15) is 6.10 Å². The number of carbonyl (C=O) groups is 1. The summed E-state index contributed by atoms with van der Waals surface area (Å²) in [5.41, 5.74) is 6.10. The molecule has 17 heteroatoms. The average molecular weight is 642 g/mol. The third-order valence-corrected chi connectivity index (χ3v) is 9.53. The fourth-order valence-electron chi connectivity index (χ4n) is 5.19. The minimum atomic E-state index is -4.00. The van der Waals surface area contributed by atoms with Gasteiger partial charge in [-0.1, -0.05) is 23.7 Å². The van der Waals surface area contributed by atoms with Crippen molar-refractivity contribution in [2.24, 2.45) is 0 Å². The predicted octanol–water partition coefficient (Wildman–Crippen LogP) is 4.69. The van der Waals surface area contributed by atoms with Crippen LogP contribution in [0.4, 0.5) is 10.7 Å². The van der Waals surface area contributed by atoms with Crippen LogP contribution in [0, 0.1) is 0 Å². The van der Waals surface area contributed by atoms with E-state index in [-0.39, 0.29) is 25.0 Å². The van der Waals surface area contributed by atoms with E-state index in [0.717, 1.165) is 17.7 Å². The lowest BCUT2D eigenvalue weighted by molar-refractivity contribution is -0.0925. The van der Waals surface area contributed by atoms with Crippen LogP contribution in [-0.2, 0) is 32.3 Å². The zero-order valence-corrected chi connectivity index (χ0v) is 25.2. The number of ether oxygens (including phenoxy) is 4. The maximum Gasteiger partial charge on any atom is 0.509 e. The topological polar surface area (TPSA) is 168 Å². The van der Waals surface area contributed by atoms with Crippen LogP contribution in [0.2, 0.25) is 5.02 Å². The zero-order chi connectivity index (χ0) is 29.5. The van der Waals surface area contributed by atoms with E-state index in [1.807, 2.05) is 12.3 Å². The summed E-state index contributed by atoms with van der Waals surface area (Å²) in [5, 5.41) is 0.527. The van der Waals surface area contributed by atoms with Gasteiger partial charge in [0.15, 0.2) is 29.1 Å². The maximum absolute atomic E-state index is 13.4. The average Bonchev–Trinajstić information content (AvgIpc) is 3.58. The maximum atomic E-state index is 13.4. The van der Waals surface area contributed by atoms with Crippen LogP contribution in [0.1, 0.15) is 37.7 Å². The number of hydrogen-bond acceptors (Lipinski definition) is 14. The minimum absolute atomic E-state index is 0.0256. The standard InChI is InChI=1S/C25H29ClN5O9PS/c1-25-19(38-24(32)39-25)17(12-36-41(33)35-9-7-16(40-41)14-5-3-6-15(26)11-14)37-22(25)31-13-28-18-20(31)29-23(27)30-21(18)34-8-4-10-42-2/h3,5-6,11,13,16-17,19,22H,4,7-10,12H2,1-2H3,(H2,27,29,30)/t16-,17+,19+,22+,25+,41+/m0/s1. The molecule has 0 spiro atoms. The SMILES string of the molecule is CSCCCOc1nc(N)nc2c1ncn2[C@@H]1O[C@H](CO[P@@]2(=O)OCC[C@@H](c3cccc(Cl)c3)O2)[C@H]2OC(=O)O[C@]21C. The summed E-state index contributed by atoms with van der Waals surface area (Å²) in [5.74, 6) is 1.13. The van der Waals surface area contributed by atoms with Crippen molar-refractivity contribution in [1.82, 2.24) is 19.5 Å². The molecule has 0 saturated carbocycles. The third-order valence-electron chi connectivity index (χ3n) is 7.12. The summed E-state index contributed by atoms with van der Waals surface area (Å²) in [4.78, 5) is 25.3. The van der Waals surface area contributed by atoms with Crippen LogP contribution in [0.5, 0.6) is 5.88 Å². The first-order chi connectivity index (χ1) is 20.2. The number of phosphoric ester groups is 1. The van der Waals surface area contributed by atoms with Crippen molar-refractivity contribution in [3.8, 4) is 5.88 Å². The lowest BCUT2D eigenvalue weighted by Gasteiger charge is -2.30. The summed E-state index contributed by atoms with van der Waals surface area (Å²) in [6, 6.07) is 7.08. The highest BCUT2D eigenvalue weighted by atomic mass is 35.5. The van der Waals surface area contributed by atoms with Gasteiger partial charge in [-0.25, -0.2) is 14.3 Å². The molecular weight excluding hydrogens is 613 g/mol. The minimum Gasteiger partial charge on any atom is -0.476 e. The second-order valence-corrected chi connectivity index (χ2v) is 13.1. The van der Waals surface area contributed by atoms with E-state index in [4.69, 9.17) is 49.9 Å². The van der Waals surface area contributed by atoms with Crippen LogP contribution in [0.3, 0.4) is 0 Å². The number of anilines is 1. The number of nitrogens with zero attached hydrogens (tertiary/aromatic N) is 4. The molecule has 42 heavy (non-hydrogen) atoms. The van der Waals surface area contributed by atoms with E-state index >= 15 is 0 Å². The van der Waals surface area contributed by atoms with E-state index in [9.17, 15) is 9.36 Å². The Morgan fingerprint density at radius 1 is 1.33 bits per heavy atom. The van der Waals surface area contributed by atoms with Crippen molar-refractivity contribution < 1.29 is 41.9 Å². The number of rotatable bonds is 10. The number of fused-ring (bicyclic) bond motifs is 2. The normalized spacial score (nSPS) is 30.7. The molecule has 0 radical (unpaired) electrons. The largest absolute Gasteiger partial charge is 0.509 e. The number of benzene rings is 1. The molecule has 0 amide bonds. The van der Waals surface area contributed by atoms with Gasteiger partial charge in [-0.2, -0.15) is 21.7 Å². The Morgan fingerprint density at radius 2 is 2.19 bits per heavy atom. The van der Waals surface area contributed by atoms with E-state index in [0.29, 0.717) is 29.2 Å². The van der Waals surface area contributed by atoms with Crippen molar-refractivity contribution in [3.05, 3.63) is 41.2 Å². The first-order valence-electron chi connectivity index (χ1n) is 13.2. The van der Waals surface area contributed by atoms with E-state index in [2.05, 4.69) is 15.0 Å². The fourth-order valence-corrected chi connectivity index (χ4v) is 7.19. The molecule has 3 aliphatic rings. The molecule has 0 unspecified atom stereocenters. The van der Waals surface area contributed by atoms with Gasteiger partial charge in [-0.05, 0) is 43.0 Å². The lowest BCUT2D eigenvalue weighted by Crippen LogP contribution is -2.42. The van der Waals surface area contributed by atoms with E-state index in [1.165, 1.54) is 6.33 Å². The molecule has 3 fully saturated rings. The van der Waals surface area contributed by atoms with Gasteiger partial charge in [0.25, 0.3) is 0 Å². The number of nitrogens with two attached hydrogens (primary N) is 1. The van der Waals surface area contributed by atoms with Gasteiger partial charge in [-0.3, -0.25) is 18.1 Å². The summed E-state index contributed by atoms with van der Waals surface area (Å²) >= 11 is 7.83. The predicted molar refractivity (Wildman–Crippen MR) is 151 cm³/mol. The van der Waals surface area contributed by atoms with Crippen LogP contribution in [-0.4, -0.2) is 75.3 Å². The molecule has 0 aliphatic carbocycles. The molecule has 1 aromatic carbocycles. The van der Waals surface area contributed by atoms with Crippen LogP contribution in [0.25, 0.3) is 11.2 Å². The van der Waals surface area contributed by atoms with Crippen molar-refractivity contribution in [1.29, 1.82) is 0 Å². The van der Waals surface area contributed by atoms with Crippen molar-refractivity contribution in [2.45, 2.75) is 49.9 Å². The highest BCUT2D eigenvalue weighted by Crippen LogP contribution is 2.58. The molecular formula is C25H29ClN5O9PS. The van der Waals surface area contributed by atoms with Gasteiger partial charge in [0.2, 0.25) is 11.8 Å². The van der Waals surface area contributed by atoms with E-state index in [1.54, 1.807) is 41.5 Å². The van der Waals surface area contributed by atoms with Crippen molar-refractivity contribution in [3.63, 3.8) is 0 Å². The Morgan fingerprint density at radius 3 is 3.00 bits per heavy atom. The van der Waals surface area contributed by atoms with Crippen LogP contribution in [0.15, 0.2) is 30.6 Å². The molecule has 5 heterocycles. The zero-order valence-electron chi connectivity index (χ0n) is 22.7. The van der Waals surface area contributed by atoms with Gasteiger partial charge in [0.05, 0.1) is 32.3 Å². The number of hydrogen-bond donors (Lipinski definition) is 1. The van der Waals surface area contributed by atoms with Crippen LogP contribution >= 0.6 is 31.2 Å². The quantitative estimate of drug-likeness (QED) is 0.184. The summed E-state index contributed by atoms with van der Waals surface area (Å²) in [7, 11) is -4.00. The molecule has 226 valence electrons. The molecule has 2 N–H and O–H groups in total. The molecule has 3 saturated heterocycles. The molecule has 3 aliphatic heterocycles.